The lowest BCUT2D eigenvalue weighted by atomic mass is 9.83. The summed E-state index contributed by atoms with van der Waals surface area (Å²) < 4.78 is 1.07. The van der Waals surface area contributed by atoms with E-state index in [0.29, 0.717) is 11.8 Å². The summed E-state index contributed by atoms with van der Waals surface area (Å²) in [6.07, 6.45) is 15.2. The molecule has 98 valence electrons. The van der Waals surface area contributed by atoms with Crippen LogP contribution in [0.5, 0.6) is 0 Å². The largest absolute Gasteiger partial charge is 0.388 e. The van der Waals surface area contributed by atoms with Crippen LogP contribution >= 0.6 is 15.9 Å². The fraction of sp³-hybridized carbons (Fsp3) is 0.867. The molecule has 2 rings (SSSR count). The van der Waals surface area contributed by atoms with Gasteiger partial charge in [0.05, 0.1) is 6.10 Å². The zero-order valence-electron chi connectivity index (χ0n) is 10.7. The molecule has 0 radical (unpaired) electrons. The SMILES string of the molecule is OC(/C(Br)=C/C1CCCCC1)C1CCCCC1. The number of hydrogen-bond donors (Lipinski definition) is 1. The van der Waals surface area contributed by atoms with Crippen LogP contribution in [-0.2, 0) is 0 Å². The molecule has 1 unspecified atom stereocenters. The van der Waals surface area contributed by atoms with Gasteiger partial charge in [-0.3, -0.25) is 0 Å². The predicted octanol–water partition coefficient (Wildman–Crippen LogP) is 4.79. The van der Waals surface area contributed by atoms with E-state index in [0.717, 1.165) is 4.48 Å². The Morgan fingerprint density at radius 1 is 0.941 bits per heavy atom. The first-order valence-corrected chi connectivity index (χ1v) is 8.12. The van der Waals surface area contributed by atoms with E-state index in [1.165, 1.54) is 64.2 Å². The highest BCUT2D eigenvalue weighted by molar-refractivity contribution is 9.11. The first-order chi connectivity index (χ1) is 8.27. The summed E-state index contributed by atoms with van der Waals surface area (Å²) >= 11 is 3.63. The summed E-state index contributed by atoms with van der Waals surface area (Å²) in [6, 6.07) is 0. The van der Waals surface area contributed by atoms with Crippen LogP contribution in [0, 0.1) is 11.8 Å². The van der Waals surface area contributed by atoms with Crippen molar-refractivity contribution in [2.45, 2.75) is 70.3 Å². The second-order valence-corrected chi connectivity index (χ2v) is 6.71. The van der Waals surface area contributed by atoms with Crippen LogP contribution in [-0.4, -0.2) is 11.2 Å². The van der Waals surface area contributed by atoms with Crippen molar-refractivity contribution in [2.24, 2.45) is 11.8 Å². The smallest absolute Gasteiger partial charge is 0.0879 e. The van der Waals surface area contributed by atoms with Crippen molar-refractivity contribution < 1.29 is 5.11 Å². The average Bonchev–Trinajstić information content (AvgIpc) is 2.40. The maximum atomic E-state index is 10.4. The van der Waals surface area contributed by atoms with Crippen LogP contribution in [0.2, 0.25) is 0 Å². The molecule has 0 aromatic heterocycles. The molecule has 1 N–H and O–H groups in total. The van der Waals surface area contributed by atoms with Crippen LogP contribution in [0.4, 0.5) is 0 Å². The zero-order chi connectivity index (χ0) is 12.1. The Labute approximate surface area is 114 Å². The number of aliphatic hydroxyl groups is 1. The molecule has 0 aliphatic heterocycles. The van der Waals surface area contributed by atoms with Gasteiger partial charge < -0.3 is 5.11 Å². The van der Waals surface area contributed by atoms with Crippen LogP contribution in [0.25, 0.3) is 0 Å². The Morgan fingerprint density at radius 2 is 1.47 bits per heavy atom. The number of halogens is 1. The molecule has 1 atom stereocenters. The minimum Gasteiger partial charge on any atom is -0.388 e. The lowest BCUT2D eigenvalue weighted by molar-refractivity contribution is 0.122. The van der Waals surface area contributed by atoms with Gasteiger partial charge in [0.25, 0.3) is 0 Å². The fourth-order valence-corrected chi connectivity index (χ4v) is 4.05. The number of allylic oxidation sites excluding steroid dienone is 1. The average molecular weight is 301 g/mol. The van der Waals surface area contributed by atoms with Gasteiger partial charge in [-0.2, -0.15) is 0 Å². The normalized spacial score (nSPS) is 27.1. The van der Waals surface area contributed by atoms with Crippen molar-refractivity contribution in [1.29, 1.82) is 0 Å². The van der Waals surface area contributed by atoms with Crippen molar-refractivity contribution in [1.82, 2.24) is 0 Å². The van der Waals surface area contributed by atoms with E-state index in [4.69, 9.17) is 0 Å². The first-order valence-electron chi connectivity index (χ1n) is 7.32. The highest BCUT2D eigenvalue weighted by Gasteiger charge is 2.24. The molecule has 2 saturated carbocycles. The molecule has 2 heteroatoms. The zero-order valence-corrected chi connectivity index (χ0v) is 12.3. The van der Waals surface area contributed by atoms with Crippen LogP contribution < -0.4 is 0 Å². The van der Waals surface area contributed by atoms with E-state index in [-0.39, 0.29) is 6.10 Å². The number of rotatable bonds is 3. The summed E-state index contributed by atoms with van der Waals surface area (Å²) in [5.74, 6) is 1.20. The highest BCUT2D eigenvalue weighted by atomic mass is 79.9. The standard InChI is InChI=1S/C15H25BrO/c16-14(11-12-7-3-1-4-8-12)15(17)13-9-5-2-6-10-13/h11-13,15,17H,1-10H2/b14-11-. The monoisotopic (exact) mass is 300 g/mol. The molecule has 0 spiro atoms. The van der Waals surface area contributed by atoms with Gasteiger partial charge in [0, 0.05) is 4.48 Å². The number of hydrogen-bond acceptors (Lipinski definition) is 1. The van der Waals surface area contributed by atoms with Gasteiger partial charge in [-0.1, -0.05) is 60.5 Å². The highest BCUT2D eigenvalue weighted by Crippen LogP contribution is 2.33. The van der Waals surface area contributed by atoms with Gasteiger partial charge >= 0.3 is 0 Å². The Kier molecular flexibility index (Phi) is 5.55. The Bertz CT molecular complexity index is 250. The number of aliphatic hydroxyl groups excluding tert-OH is 1. The van der Waals surface area contributed by atoms with Crippen LogP contribution in [0.3, 0.4) is 0 Å². The molecule has 2 aliphatic carbocycles. The minimum atomic E-state index is -0.239. The van der Waals surface area contributed by atoms with Gasteiger partial charge in [-0.05, 0) is 37.5 Å². The molecule has 17 heavy (non-hydrogen) atoms. The minimum absolute atomic E-state index is 0.239. The molecule has 0 heterocycles. The molecule has 2 fully saturated rings. The Balaban J connectivity index is 1.87. The van der Waals surface area contributed by atoms with Gasteiger partial charge in [-0.15, -0.1) is 0 Å². The summed E-state index contributed by atoms with van der Waals surface area (Å²) in [5.41, 5.74) is 0. The molecule has 2 aliphatic rings. The van der Waals surface area contributed by atoms with Crippen molar-refractivity contribution in [3.8, 4) is 0 Å². The quantitative estimate of drug-likeness (QED) is 0.795. The van der Waals surface area contributed by atoms with Gasteiger partial charge in [0.2, 0.25) is 0 Å². The van der Waals surface area contributed by atoms with Gasteiger partial charge in [-0.25, -0.2) is 0 Å². The van der Waals surface area contributed by atoms with E-state index in [9.17, 15) is 5.11 Å². The molecular formula is C15H25BrO. The van der Waals surface area contributed by atoms with Crippen molar-refractivity contribution >= 4 is 15.9 Å². The maximum Gasteiger partial charge on any atom is 0.0879 e. The molecule has 0 amide bonds. The Morgan fingerprint density at radius 3 is 2.06 bits per heavy atom. The molecule has 0 aromatic rings. The molecule has 1 nitrogen and oxygen atoms in total. The molecule has 0 aromatic carbocycles. The van der Waals surface area contributed by atoms with E-state index in [2.05, 4.69) is 22.0 Å². The lowest BCUT2D eigenvalue weighted by Gasteiger charge is -2.27. The van der Waals surface area contributed by atoms with Crippen LogP contribution in [0.15, 0.2) is 10.6 Å². The van der Waals surface area contributed by atoms with E-state index in [1.54, 1.807) is 0 Å². The van der Waals surface area contributed by atoms with Gasteiger partial charge in [0.15, 0.2) is 0 Å². The molecule has 0 bridgehead atoms. The third-order valence-corrected chi connectivity index (χ3v) is 5.16. The molecule has 0 saturated heterocycles. The van der Waals surface area contributed by atoms with Gasteiger partial charge in [0.1, 0.15) is 0 Å². The fourth-order valence-electron chi connectivity index (χ4n) is 3.30. The second-order valence-electron chi connectivity index (χ2n) is 5.79. The third-order valence-electron chi connectivity index (χ3n) is 4.42. The first kappa shape index (κ1) is 13.6. The second kappa shape index (κ2) is 6.94. The third kappa shape index (κ3) is 4.10. The van der Waals surface area contributed by atoms with E-state index >= 15 is 0 Å². The lowest BCUT2D eigenvalue weighted by Crippen LogP contribution is -2.23. The summed E-state index contributed by atoms with van der Waals surface area (Å²) in [6.45, 7) is 0. The van der Waals surface area contributed by atoms with Crippen molar-refractivity contribution in [3.05, 3.63) is 10.6 Å². The topological polar surface area (TPSA) is 20.2 Å². The summed E-state index contributed by atoms with van der Waals surface area (Å²) in [4.78, 5) is 0. The van der Waals surface area contributed by atoms with E-state index < -0.39 is 0 Å². The van der Waals surface area contributed by atoms with Crippen molar-refractivity contribution in [2.75, 3.05) is 0 Å². The van der Waals surface area contributed by atoms with Crippen LogP contribution in [0.1, 0.15) is 64.2 Å². The Hall–Kier alpha value is 0.180. The molecular weight excluding hydrogens is 276 g/mol. The summed E-state index contributed by atoms with van der Waals surface area (Å²) in [5, 5.41) is 10.4. The summed E-state index contributed by atoms with van der Waals surface area (Å²) in [7, 11) is 0. The van der Waals surface area contributed by atoms with E-state index in [1.807, 2.05) is 0 Å². The maximum absolute atomic E-state index is 10.4. The van der Waals surface area contributed by atoms with Crippen molar-refractivity contribution in [3.63, 3.8) is 0 Å². The predicted molar refractivity (Wildman–Crippen MR) is 76.2 cm³/mol.